The zero-order valence-corrected chi connectivity index (χ0v) is 21.2. The fourth-order valence-corrected chi connectivity index (χ4v) is 5.52. The molecule has 3 atom stereocenters. The molecule has 2 aromatic carbocycles. The number of methoxy groups -OCH3 is 2. The van der Waals surface area contributed by atoms with Gasteiger partial charge in [0.1, 0.15) is 10.8 Å². The summed E-state index contributed by atoms with van der Waals surface area (Å²) in [6.45, 7) is 2.40. The number of aliphatic hydroxyl groups excluding tert-OH is 2. The Labute approximate surface area is 213 Å². The molecular formula is C26H29N5O4S. The van der Waals surface area contributed by atoms with Crippen molar-refractivity contribution in [1.82, 2.24) is 15.0 Å². The second-order valence-corrected chi connectivity index (χ2v) is 9.80. The quantitative estimate of drug-likeness (QED) is 0.280. The number of aryl methyl sites for hydroxylation is 1. The third-order valence-corrected chi connectivity index (χ3v) is 7.45. The number of fused-ring (bicyclic) bond motifs is 1. The molecule has 9 nitrogen and oxygen atoms in total. The standard InChI is InChI=1S/C26H29N5O4S/c1-14-22(25-30-16-6-4-5-7-21(16)36-25)24(29-17-9-10-18(32)23(17)33)31-26(28-14)27-13-15-8-11-19(34-2)20(12-15)35-3/h4-8,11-12,17-18,23,32-33H,9-10,13H2,1-3H3,(H2,27,28,29,31)/t17-,18-,23+/m1/s1. The summed E-state index contributed by atoms with van der Waals surface area (Å²) >= 11 is 1.57. The molecule has 188 valence electrons. The Morgan fingerprint density at radius 2 is 1.81 bits per heavy atom. The molecule has 2 aromatic heterocycles. The van der Waals surface area contributed by atoms with Crippen LogP contribution in [-0.2, 0) is 6.54 Å². The maximum Gasteiger partial charge on any atom is 0.225 e. The van der Waals surface area contributed by atoms with Crippen molar-refractivity contribution in [2.75, 3.05) is 24.9 Å². The lowest BCUT2D eigenvalue weighted by Crippen LogP contribution is -2.34. The Kier molecular flexibility index (Phi) is 6.90. The maximum absolute atomic E-state index is 10.5. The van der Waals surface area contributed by atoms with E-state index in [2.05, 4.69) is 10.6 Å². The average molecular weight is 508 g/mol. The summed E-state index contributed by atoms with van der Waals surface area (Å²) in [4.78, 5) is 14.3. The van der Waals surface area contributed by atoms with Gasteiger partial charge in [0.15, 0.2) is 11.5 Å². The Balaban J connectivity index is 1.48. The number of ether oxygens (including phenoxy) is 2. The highest BCUT2D eigenvalue weighted by molar-refractivity contribution is 7.21. The van der Waals surface area contributed by atoms with Crippen molar-refractivity contribution < 1.29 is 19.7 Å². The number of anilines is 2. The average Bonchev–Trinajstić information content (AvgIpc) is 3.45. The molecule has 0 unspecified atom stereocenters. The first-order valence-electron chi connectivity index (χ1n) is 11.8. The van der Waals surface area contributed by atoms with E-state index in [-0.39, 0.29) is 6.04 Å². The minimum absolute atomic E-state index is 0.318. The molecule has 1 aliphatic rings. The van der Waals surface area contributed by atoms with E-state index in [0.29, 0.717) is 42.7 Å². The number of benzene rings is 2. The molecular weight excluding hydrogens is 478 g/mol. The fraction of sp³-hybridized carbons (Fsp3) is 0.346. The Morgan fingerprint density at radius 3 is 2.53 bits per heavy atom. The topological polar surface area (TPSA) is 122 Å². The molecule has 0 radical (unpaired) electrons. The minimum atomic E-state index is -0.869. The van der Waals surface area contributed by atoms with Crippen LogP contribution in [0.4, 0.5) is 11.8 Å². The third kappa shape index (κ3) is 4.79. The van der Waals surface area contributed by atoms with E-state index in [1.165, 1.54) is 0 Å². The molecule has 1 saturated carbocycles. The molecule has 0 spiro atoms. The number of hydrogen-bond acceptors (Lipinski definition) is 10. The van der Waals surface area contributed by atoms with Gasteiger partial charge in [-0.05, 0) is 49.6 Å². The first-order chi connectivity index (χ1) is 17.5. The van der Waals surface area contributed by atoms with Gasteiger partial charge in [0.25, 0.3) is 0 Å². The third-order valence-electron chi connectivity index (χ3n) is 6.40. The first kappa shape index (κ1) is 24.2. The largest absolute Gasteiger partial charge is 0.493 e. The summed E-state index contributed by atoms with van der Waals surface area (Å²) in [6, 6.07) is 13.4. The van der Waals surface area contributed by atoms with Gasteiger partial charge in [0.2, 0.25) is 5.95 Å². The Bertz CT molecular complexity index is 1340. The van der Waals surface area contributed by atoms with E-state index < -0.39 is 12.2 Å². The lowest BCUT2D eigenvalue weighted by atomic mass is 10.1. The van der Waals surface area contributed by atoms with E-state index in [9.17, 15) is 10.2 Å². The predicted molar refractivity (Wildman–Crippen MR) is 141 cm³/mol. The van der Waals surface area contributed by atoms with Gasteiger partial charge in [-0.25, -0.2) is 9.97 Å². The molecule has 0 amide bonds. The molecule has 0 aliphatic heterocycles. The van der Waals surface area contributed by atoms with Crippen molar-refractivity contribution in [2.24, 2.45) is 0 Å². The van der Waals surface area contributed by atoms with Crippen molar-refractivity contribution in [3.8, 4) is 22.1 Å². The maximum atomic E-state index is 10.5. The van der Waals surface area contributed by atoms with Gasteiger partial charge in [0, 0.05) is 6.54 Å². The lowest BCUT2D eigenvalue weighted by molar-refractivity contribution is 0.0391. The second-order valence-electron chi connectivity index (χ2n) is 8.77. The highest BCUT2D eigenvalue weighted by Crippen LogP contribution is 2.37. The number of nitrogens with zero attached hydrogens (tertiary/aromatic N) is 3. The number of nitrogens with one attached hydrogen (secondary N) is 2. The normalized spacial score (nSPS) is 19.4. The number of hydrogen-bond donors (Lipinski definition) is 4. The molecule has 1 aliphatic carbocycles. The molecule has 4 aromatic rings. The minimum Gasteiger partial charge on any atom is -0.493 e. The molecule has 2 heterocycles. The Hall–Kier alpha value is -3.47. The summed E-state index contributed by atoms with van der Waals surface area (Å²) in [6.07, 6.45) is -0.450. The van der Waals surface area contributed by atoms with E-state index in [0.717, 1.165) is 32.0 Å². The molecule has 0 saturated heterocycles. The van der Waals surface area contributed by atoms with Crippen molar-refractivity contribution >= 4 is 33.3 Å². The summed E-state index contributed by atoms with van der Waals surface area (Å²) in [5, 5.41) is 28.0. The summed E-state index contributed by atoms with van der Waals surface area (Å²) < 4.78 is 11.8. The van der Waals surface area contributed by atoms with Gasteiger partial charge in [-0.1, -0.05) is 18.2 Å². The summed E-state index contributed by atoms with van der Waals surface area (Å²) in [5.74, 6) is 2.34. The number of aromatic nitrogens is 3. The van der Waals surface area contributed by atoms with Gasteiger partial charge in [-0.2, -0.15) is 4.98 Å². The zero-order valence-electron chi connectivity index (χ0n) is 20.4. The van der Waals surface area contributed by atoms with Crippen LogP contribution in [0.5, 0.6) is 11.5 Å². The van der Waals surface area contributed by atoms with Crippen molar-refractivity contribution in [3.63, 3.8) is 0 Å². The predicted octanol–water partition coefficient (Wildman–Crippen LogP) is 3.99. The smallest absolute Gasteiger partial charge is 0.225 e. The van der Waals surface area contributed by atoms with Crippen molar-refractivity contribution in [1.29, 1.82) is 0 Å². The van der Waals surface area contributed by atoms with Crippen LogP contribution in [-0.4, -0.2) is 57.6 Å². The molecule has 0 bridgehead atoms. The van der Waals surface area contributed by atoms with E-state index >= 15 is 0 Å². The zero-order chi connectivity index (χ0) is 25.2. The highest BCUT2D eigenvalue weighted by Gasteiger charge is 2.34. The second kappa shape index (κ2) is 10.3. The van der Waals surface area contributed by atoms with E-state index in [1.54, 1.807) is 25.6 Å². The first-order valence-corrected chi connectivity index (χ1v) is 12.6. The van der Waals surface area contributed by atoms with Gasteiger partial charge in [-0.15, -0.1) is 11.3 Å². The number of para-hydroxylation sites is 1. The molecule has 1 fully saturated rings. The van der Waals surface area contributed by atoms with Crippen LogP contribution in [0.2, 0.25) is 0 Å². The van der Waals surface area contributed by atoms with Crippen molar-refractivity contribution in [3.05, 3.63) is 53.7 Å². The van der Waals surface area contributed by atoms with Gasteiger partial charge in [0.05, 0.1) is 53.9 Å². The molecule has 36 heavy (non-hydrogen) atoms. The van der Waals surface area contributed by atoms with Crippen LogP contribution in [0.15, 0.2) is 42.5 Å². The fourth-order valence-electron chi connectivity index (χ4n) is 4.46. The summed E-state index contributed by atoms with van der Waals surface area (Å²) in [7, 11) is 3.21. The van der Waals surface area contributed by atoms with Crippen LogP contribution in [0.3, 0.4) is 0 Å². The van der Waals surface area contributed by atoms with Crippen LogP contribution in [0.25, 0.3) is 20.8 Å². The highest BCUT2D eigenvalue weighted by atomic mass is 32.1. The Morgan fingerprint density at radius 1 is 1.00 bits per heavy atom. The van der Waals surface area contributed by atoms with Crippen LogP contribution in [0.1, 0.15) is 24.1 Å². The monoisotopic (exact) mass is 507 g/mol. The molecule has 5 rings (SSSR count). The number of aliphatic hydroxyl groups is 2. The van der Waals surface area contributed by atoms with Gasteiger partial charge in [-0.3, -0.25) is 0 Å². The van der Waals surface area contributed by atoms with Crippen molar-refractivity contribution in [2.45, 2.75) is 44.6 Å². The summed E-state index contributed by atoms with van der Waals surface area (Å²) in [5.41, 5.74) is 3.44. The SMILES string of the molecule is COc1ccc(CNc2nc(C)c(-c3nc4ccccc4s3)c(N[C@@H]3CC[C@@H](O)[C@H]3O)n2)cc1OC. The van der Waals surface area contributed by atoms with Crippen LogP contribution in [0, 0.1) is 6.92 Å². The lowest BCUT2D eigenvalue weighted by Gasteiger charge is -2.21. The van der Waals surface area contributed by atoms with Gasteiger partial charge < -0.3 is 30.3 Å². The van der Waals surface area contributed by atoms with Crippen LogP contribution < -0.4 is 20.1 Å². The van der Waals surface area contributed by atoms with Crippen LogP contribution >= 0.6 is 11.3 Å². The number of thiazole rings is 1. The van der Waals surface area contributed by atoms with Gasteiger partial charge >= 0.3 is 0 Å². The van der Waals surface area contributed by atoms with E-state index in [1.807, 2.05) is 49.4 Å². The molecule has 10 heteroatoms. The number of rotatable bonds is 8. The van der Waals surface area contributed by atoms with E-state index in [4.69, 9.17) is 24.4 Å². The molecule has 4 N–H and O–H groups in total.